The number of rotatable bonds is 4. The highest BCUT2D eigenvalue weighted by Crippen LogP contribution is 2.29. The summed E-state index contributed by atoms with van der Waals surface area (Å²) in [4.78, 5) is 23.2. The predicted molar refractivity (Wildman–Crippen MR) is 60.7 cm³/mol. The number of piperidine rings is 1. The molecule has 1 rings (SSSR count). The summed E-state index contributed by atoms with van der Waals surface area (Å²) < 4.78 is 19.9. The first-order chi connectivity index (χ1) is 8.51. The van der Waals surface area contributed by atoms with Crippen molar-refractivity contribution in [3.05, 3.63) is 0 Å². The van der Waals surface area contributed by atoms with Crippen molar-refractivity contribution < 1.29 is 28.5 Å². The second-order valence-electron chi connectivity index (χ2n) is 4.05. The van der Waals surface area contributed by atoms with E-state index >= 15 is 0 Å². The third-order valence-electron chi connectivity index (χ3n) is 3.15. The summed E-state index contributed by atoms with van der Waals surface area (Å²) in [7, 11) is 5.51. The fourth-order valence-corrected chi connectivity index (χ4v) is 2.07. The van der Waals surface area contributed by atoms with Gasteiger partial charge in [-0.25, -0.2) is 0 Å². The Morgan fingerprint density at radius 3 is 1.61 bits per heavy atom. The first-order valence-electron chi connectivity index (χ1n) is 5.54. The molecule has 0 aromatic rings. The largest absolute Gasteiger partial charge is 0.468 e. The molecule has 0 saturated carbocycles. The molecule has 1 heterocycles. The van der Waals surface area contributed by atoms with Crippen LogP contribution in [-0.4, -0.2) is 58.2 Å². The maximum atomic E-state index is 11.6. The van der Waals surface area contributed by atoms with Gasteiger partial charge in [0, 0.05) is 27.1 Å². The number of carbonyl (C=O) groups is 2. The predicted octanol–water partition coefficient (Wildman–Crippen LogP) is -0.558. The molecule has 7 nitrogen and oxygen atoms in total. The zero-order chi connectivity index (χ0) is 13.8. The Kier molecular flexibility index (Phi) is 5.06. The van der Waals surface area contributed by atoms with Crippen molar-refractivity contribution in [2.45, 2.75) is 30.7 Å². The van der Waals surface area contributed by atoms with Gasteiger partial charge in [-0.1, -0.05) is 0 Å². The molecule has 104 valence electrons. The smallest absolute Gasteiger partial charge is 0.323 e. The fraction of sp³-hybridized carbons (Fsp3) is 0.818. The van der Waals surface area contributed by atoms with E-state index in [1.54, 1.807) is 0 Å². The highest BCUT2D eigenvalue weighted by atomic mass is 16.7. The van der Waals surface area contributed by atoms with Crippen LogP contribution < -0.4 is 5.32 Å². The van der Waals surface area contributed by atoms with Crippen molar-refractivity contribution in [2.75, 3.05) is 28.4 Å². The molecule has 0 aromatic carbocycles. The number of ether oxygens (including phenoxy) is 4. The van der Waals surface area contributed by atoms with E-state index in [1.165, 1.54) is 28.4 Å². The summed E-state index contributed by atoms with van der Waals surface area (Å²) in [6.45, 7) is 0. The lowest BCUT2D eigenvalue weighted by molar-refractivity contribution is -0.234. The van der Waals surface area contributed by atoms with Crippen LogP contribution in [0.3, 0.4) is 0 Å². The summed E-state index contributed by atoms with van der Waals surface area (Å²) in [5.41, 5.74) is 0. The maximum Gasteiger partial charge on any atom is 0.323 e. The summed E-state index contributed by atoms with van der Waals surface area (Å²) >= 11 is 0. The Bertz CT molecular complexity index is 289. The topological polar surface area (TPSA) is 83.1 Å². The number of carbonyl (C=O) groups excluding carboxylic acids is 2. The monoisotopic (exact) mass is 261 g/mol. The first kappa shape index (κ1) is 14.9. The summed E-state index contributed by atoms with van der Waals surface area (Å²) in [6, 6.07) is -1.35. The molecule has 0 radical (unpaired) electrons. The van der Waals surface area contributed by atoms with Crippen molar-refractivity contribution in [3.63, 3.8) is 0 Å². The fourth-order valence-electron chi connectivity index (χ4n) is 2.07. The molecule has 7 heteroatoms. The molecule has 1 fully saturated rings. The first-order valence-corrected chi connectivity index (χ1v) is 5.54. The minimum Gasteiger partial charge on any atom is -0.468 e. The molecule has 0 spiro atoms. The summed E-state index contributed by atoms with van der Waals surface area (Å²) in [6.07, 6.45) is 0.528. The van der Waals surface area contributed by atoms with E-state index < -0.39 is 29.8 Å². The van der Waals surface area contributed by atoms with Gasteiger partial charge in [0.05, 0.1) is 14.2 Å². The van der Waals surface area contributed by atoms with Gasteiger partial charge in [-0.3, -0.25) is 14.9 Å². The van der Waals surface area contributed by atoms with E-state index in [-0.39, 0.29) is 12.8 Å². The maximum absolute atomic E-state index is 11.6. The van der Waals surface area contributed by atoms with Crippen LogP contribution in [0.1, 0.15) is 12.8 Å². The normalized spacial score (nSPS) is 26.4. The van der Waals surface area contributed by atoms with Crippen molar-refractivity contribution in [2.24, 2.45) is 0 Å². The molecule has 18 heavy (non-hydrogen) atoms. The molecule has 0 aromatic heterocycles. The quantitative estimate of drug-likeness (QED) is 0.536. The van der Waals surface area contributed by atoms with Crippen molar-refractivity contribution >= 4 is 11.9 Å². The lowest BCUT2D eigenvalue weighted by atomic mass is 9.92. The Morgan fingerprint density at radius 1 is 0.944 bits per heavy atom. The van der Waals surface area contributed by atoms with E-state index in [0.29, 0.717) is 0 Å². The van der Waals surface area contributed by atoms with Gasteiger partial charge in [0.25, 0.3) is 0 Å². The Balaban J connectivity index is 2.91. The van der Waals surface area contributed by atoms with Crippen LogP contribution in [0.4, 0.5) is 0 Å². The Morgan fingerprint density at radius 2 is 1.33 bits per heavy atom. The van der Waals surface area contributed by atoms with Crippen LogP contribution >= 0.6 is 0 Å². The second kappa shape index (κ2) is 6.12. The third kappa shape index (κ3) is 2.98. The zero-order valence-corrected chi connectivity index (χ0v) is 11.0. The van der Waals surface area contributed by atoms with Crippen molar-refractivity contribution in [1.29, 1.82) is 0 Å². The van der Waals surface area contributed by atoms with Crippen molar-refractivity contribution in [3.8, 4) is 0 Å². The van der Waals surface area contributed by atoms with Gasteiger partial charge < -0.3 is 18.9 Å². The van der Waals surface area contributed by atoms with Gasteiger partial charge >= 0.3 is 11.9 Å². The van der Waals surface area contributed by atoms with Crippen LogP contribution in [0.25, 0.3) is 0 Å². The Labute approximate surface area is 106 Å². The van der Waals surface area contributed by atoms with E-state index in [0.717, 1.165) is 0 Å². The van der Waals surface area contributed by atoms with Gasteiger partial charge in [-0.05, 0) is 0 Å². The Hall–Kier alpha value is -1.18. The SMILES string of the molecule is COC(=O)[C@H]1CC(OC)(OC)C[C@H](C(=O)OC)N1. The van der Waals surface area contributed by atoms with E-state index in [1.807, 2.05) is 0 Å². The van der Waals surface area contributed by atoms with E-state index in [9.17, 15) is 9.59 Å². The molecule has 1 N–H and O–H groups in total. The average molecular weight is 261 g/mol. The third-order valence-corrected chi connectivity index (χ3v) is 3.15. The highest BCUT2D eigenvalue weighted by molar-refractivity contribution is 5.80. The number of esters is 2. The molecule has 2 atom stereocenters. The van der Waals surface area contributed by atoms with Gasteiger partial charge in [-0.15, -0.1) is 0 Å². The lowest BCUT2D eigenvalue weighted by Gasteiger charge is -2.41. The van der Waals surface area contributed by atoms with Crippen LogP contribution in [0.2, 0.25) is 0 Å². The summed E-state index contributed by atoms with van der Waals surface area (Å²) in [5, 5.41) is 2.87. The number of hydrogen-bond donors (Lipinski definition) is 1. The van der Waals surface area contributed by atoms with Crippen LogP contribution in [0.5, 0.6) is 0 Å². The van der Waals surface area contributed by atoms with Crippen molar-refractivity contribution in [1.82, 2.24) is 5.32 Å². The molecule has 0 bridgehead atoms. The van der Waals surface area contributed by atoms with Gasteiger partial charge in [0.15, 0.2) is 5.79 Å². The van der Waals surface area contributed by atoms with E-state index in [4.69, 9.17) is 9.47 Å². The molecule has 0 unspecified atom stereocenters. The van der Waals surface area contributed by atoms with Gasteiger partial charge in [-0.2, -0.15) is 0 Å². The van der Waals surface area contributed by atoms with Gasteiger partial charge in [0.2, 0.25) is 0 Å². The molecular formula is C11H19NO6. The standard InChI is InChI=1S/C11H19NO6/c1-15-9(13)7-5-11(17-3,18-4)6-8(12-7)10(14)16-2/h7-8,12H,5-6H2,1-4H3/t7-,8-/m1/s1. The van der Waals surface area contributed by atoms with Gasteiger partial charge in [0.1, 0.15) is 12.1 Å². The summed E-state index contributed by atoms with van der Waals surface area (Å²) in [5.74, 6) is -1.94. The average Bonchev–Trinajstić information content (AvgIpc) is 2.44. The molecule has 0 aliphatic carbocycles. The zero-order valence-electron chi connectivity index (χ0n) is 11.0. The minimum absolute atomic E-state index is 0.264. The molecular weight excluding hydrogens is 242 g/mol. The number of methoxy groups -OCH3 is 4. The minimum atomic E-state index is -0.997. The van der Waals surface area contributed by atoms with Crippen LogP contribution in [-0.2, 0) is 28.5 Å². The van der Waals surface area contributed by atoms with E-state index in [2.05, 4.69) is 14.8 Å². The highest BCUT2D eigenvalue weighted by Gasteiger charge is 2.46. The number of nitrogens with one attached hydrogen (secondary N) is 1. The molecule has 0 amide bonds. The molecule has 1 saturated heterocycles. The van der Waals surface area contributed by atoms with Crippen LogP contribution in [0.15, 0.2) is 0 Å². The molecule has 1 aliphatic heterocycles. The van der Waals surface area contributed by atoms with Crippen LogP contribution in [0, 0.1) is 0 Å². The number of hydrogen-bond acceptors (Lipinski definition) is 7. The lowest BCUT2D eigenvalue weighted by Crippen LogP contribution is -2.60. The second-order valence-corrected chi connectivity index (χ2v) is 4.05. The molecule has 1 aliphatic rings.